The second kappa shape index (κ2) is 7.04. The summed E-state index contributed by atoms with van der Waals surface area (Å²) in [4.78, 5) is 19.6. The summed E-state index contributed by atoms with van der Waals surface area (Å²) < 4.78 is 24.4. The molecule has 2 fully saturated rings. The number of aromatic nitrogens is 1. The van der Waals surface area contributed by atoms with E-state index in [2.05, 4.69) is 15.2 Å². The van der Waals surface area contributed by atoms with E-state index >= 15 is 0 Å². The van der Waals surface area contributed by atoms with Crippen molar-refractivity contribution >= 4 is 38.2 Å². The Bertz CT molecular complexity index is 1000. The lowest BCUT2D eigenvalue weighted by atomic mass is 10.1. The number of sulfone groups is 1. The van der Waals surface area contributed by atoms with Gasteiger partial charge in [0, 0.05) is 16.5 Å². The van der Waals surface area contributed by atoms with Gasteiger partial charge in [0.15, 0.2) is 9.84 Å². The fraction of sp³-hybridized carbons (Fsp3) is 0.474. The van der Waals surface area contributed by atoms with E-state index in [1.54, 1.807) is 25.1 Å². The highest BCUT2D eigenvalue weighted by Crippen LogP contribution is 2.24. The number of rotatable bonds is 3. The number of likely N-dealkylation sites (tertiary alicyclic amines) is 1. The molecule has 8 heteroatoms. The molecule has 4 rings (SSSR count). The van der Waals surface area contributed by atoms with Crippen molar-refractivity contribution < 1.29 is 13.2 Å². The lowest BCUT2D eigenvalue weighted by molar-refractivity contribution is 0.0918. The number of amides is 1. The van der Waals surface area contributed by atoms with Crippen LogP contribution in [-0.2, 0) is 9.84 Å². The molecule has 2 aromatic rings. The van der Waals surface area contributed by atoms with Crippen LogP contribution in [-0.4, -0.2) is 60.9 Å². The number of aryl methyl sites for hydroxylation is 1. The molecule has 2 aliphatic heterocycles. The molecular weight excluding hydrogens is 386 g/mol. The number of pyridine rings is 1. The zero-order valence-electron chi connectivity index (χ0n) is 15.1. The Hall–Kier alpha value is -1.70. The van der Waals surface area contributed by atoms with Gasteiger partial charge in [0.25, 0.3) is 5.91 Å². The highest BCUT2D eigenvalue weighted by molar-refractivity contribution is 7.91. The highest BCUT2D eigenvalue weighted by atomic mass is 35.5. The summed E-state index contributed by atoms with van der Waals surface area (Å²) in [5, 5.41) is 4.33. The number of fused-ring (bicyclic) bond motifs is 1. The van der Waals surface area contributed by atoms with E-state index in [1.807, 2.05) is 6.07 Å². The van der Waals surface area contributed by atoms with Crippen LogP contribution in [0.5, 0.6) is 0 Å². The van der Waals surface area contributed by atoms with Gasteiger partial charge in [-0.1, -0.05) is 11.6 Å². The first-order chi connectivity index (χ1) is 12.8. The molecule has 0 bridgehead atoms. The van der Waals surface area contributed by atoms with E-state index in [9.17, 15) is 13.2 Å². The second-order valence-corrected chi connectivity index (χ2v) is 10.0. The summed E-state index contributed by atoms with van der Waals surface area (Å²) in [6.45, 7) is 3.57. The topological polar surface area (TPSA) is 79.4 Å². The number of hydrogen-bond donors (Lipinski definition) is 1. The maximum Gasteiger partial charge on any atom is 0.253 e. The first-order valence-electron chi connectivity index (χ1n) is 9.15. The SMILES string of the molecule is Cc1nc2ccc(Cl)cc2cc1C(=O)NC1CS(=O)(=O)CC1N1CCCC1. The molecule has 2 unspecified atom stereocenters. The van der Waals surface area contributed by atoms with Gasteiger partial charge in [0.1, 0.15) is 0 Å². The fourth-order valence-corrected chi connectivity index (χ4v) is 6.25. The molecule has 0 saturated carbocycles. The summed E-state index contributed by atoms with van der Waals surface area (Å²) in [7, 11) is -3.15. The maximum atomic E-state index is 12.9. The van der Waals surface area contributed by atoms with Gasteiger partial charge < -0.3 is 5.32 Å². The van der Waals surface area contributed by atoms with Crippen LogP contribution in [0.3, 0.4) is 0 Å². The Morgan fingerprint density at radius 1 is 1.22 bits per heavy atom. The minimum atomic E-state index is -3.15. The Kier molecular flexibility index (Phi) is 4.86. The largest absolute Gasteiger partial charge is 0.347 e. The quantitative estimate of drug-likeness (QED) is 0.843. The van der Waals surface area contributed by atoms with Gasteiger partial charge in [-0.25, -0.2) is 8.42 Å². The number of nitrogens with one attached hydrogen (secondary N) is 1. The number of hydrogen-bond acceptors (Lipinski definition) is 5. The van der Waals surface area contributed by atoms with Crippen molar-refractivity contribution in [2.45, 2.75) is 31.8 Å². The van der Waals surface area contributed by atoms with Crippen molar-refractivity contribution in [3.8, 4) is 0 Å². The Morgan fingerprint density at radius 3 is 2.70 bits per heavy atom. The van der Waals surface area contributed by atoms with Crippen LogP contribution in [0.4, 0.5) is 0 Å². The Morgan fingerprint density at radius 2 is 1.96 bits per heavy atom. The van der Waals surface area contributed by atoms with Crippen molar-refractivity contribution in [1.82, 2.24) is 15.2 Å². The third-order valence-electron chi connectivity index (χ3n) is 5.46. The first-order valence-corrected chi connectivity index (χ1v) is 11.3. The fourth-order valence-electron chi connectivity index (χ4n) is 4.12. The second-order valence-electron chi connectivity index (χ2n) is 7.43. The van der Waals surface area contributed by atoms with Crippen LogP contribution < -0.4 is 5.32 Å². The molecule has 1 aromatic heterocycles. The molecule has 2 atom stereocenters. The molecule has 144 valence electrons. The molecule has 1 N–H and O–H groups in total. The smallest absolute Gasteiger partial charge is 0.253 e. The van der Waals surface area contributed by atoms with E-state index in [-0.39, 0.29) is 23.5 Å². The zero-order chi connectivity index (χ0) is 19.2. The van der Waals surface area contributed by atoms with Crippen LogP contribution >= 0.6 is 11.6 Å². The normalized spacial score (nSPS) is 25.1. The van der Waals surface area contributed by atoms with Gasteiger partial charge in [-0.05, 0) is 57.1 Å². The van der Waals surface area contributed by atoms with Gasteiger partial charge >= 0.3 is 0 Å². The lowest BCUT2D eigenvalue weighted by Crippen LogP contribution is -2.50. The predicted molar refractivity (Wildman–Crippen MR) is 106 cm³/mol. The van der Waals surface area contributed by atoms with E-state index in [4.69, 9.17) is 11.6 Å². The van der Waals surface area contributed by atoms with Gasteiger partial charge in [0.05, 0.1) is 34.3 Å². The van der Waals surface area contributed by atoms with Crippen molar-refractivity contribution in [2.75, 3.05) is 24.6 Å². The standard InChI is InChI=1S/C19H22ClN3O3S/c1-12-15(9-13-8-14(20)4-5-16(13)21-12)19(24)22-17-10-27(25,26)11-18(17)23-6-2-3-7-23/h4-5,8-9,17-18H,2-3,6-7,10-11H2,1H3,(H,22,24). The molecule has 0 aliphatic carbocycles. The highest BCUT2D eigenvalue weighted by Gasteiger charge is 2.42. The van der Waals surface area contributed by atoms with E-state index in [0.717, 1.165) is 36.8 Å². The number of carbonyl (C=O) groups is 1. The van der Waals surface area contributed by atoms with Gasteiger partial charge in [0.2, 0.25) is 0 Å². The summed E-state index contributed by atoms with van der Waals surface area (Å²) in [5.74, 6) is -0.179. The third-order valence-corrected chi connectivity index (χ3v) is 7.41. The number of nitrogens with zero attached hydrogens (tertiary/aromatic N) is 2. The summed E-state index contributed by atoms with van der Waals surface area (Å²) in [5.41, 5.74) is 1.84. The molecule has 0 spiro atoms. The van der Waals surface area contributed by atoms with E-state index in [0.29, 0.717) is 16.3 Å². The first kappa shape index (κ1) is 18.7. The predicted octanol–water partition coefficient (Wildman–Crippen LogP) is 2.19. The molecule has 2 saturated heterocycles. The minimum Gasteiger partial charge on any atom is -0.347 e. The van der Waals surface area contributed by atoms with Crippen LogP contribution in [0.2, 0.25) is 5.02 Å². The summed E-state index contributed by atoms with van der Waals surface area (Å²) in [6, 6.07) is 6.58. The van der Waals surface area contributed by atoms with Gasteiger partial charge in [-0.2, -0.15) is 0 Å². The van der Waals surface area contributed by atoms with Gasteiger partial charge in [-0.15, -0.1) is 0 Å². The molecule has 2 aliphatic rings. The third kappa shape index (κ3) is 3.81. The summed E-state index contributed by atoms with van der Waals surface area (Å²) in [6.07, 6.45) is 2.15. The van der Waals surface area contributed by atoms with E-state index < -0.39 is 15.9 Å². The Labute approximate surface area is 163 Å². The average Bonchev–Trinajstić information content (AvgIpc) is 3.22. The van der Waals surface area contributed by atoms with Crippen LogP contribution in [0.15, 0.2) is 24.3 Å². The van der Waals surface area contributed by atoms with Crippen molar-refractivity contribution in [3.05, 3.63) is 40.5 Å². The molecule has 3 heterocycles. The zero-order valence-corrected chi connectivity index (χ0v) is 16.7. The molecular formula is C19H22ClN3O3S. The average molecular weight is 408 g/mol. The molecule has 0 radical (unpaired) electrons. The minimum absolute atomic E-state index is 0.00814. The van der Waals surface area contributed by atoms with Crippen LogP contribution in [0.1, 0.15) is 28.9 Å². The monoisotopic (exact) mass is 407 g/mol. The maximum absolute atomic E-state index is 12.9. The molecule has 27 heavy (non-hydrogen) atoms. The molecule has 6 nitrogen and oxygen atoms in total. The molecule has 1 amide bonds. The Balaban J connectivity index is 1.60. The summed E-state index contributed by atoms with van der Waals surface area (Å²) >= 11 is 6.05. The number of halogens is 1. The van der Waals surface area contributed by atoms with Gasteiger partial charge in [-0.3, -0.25) is 14.7 Å². The van der Waals surface area contributed by atoms with Crippen LogP contribution in [0.25, 0.3) is 10.9 Å². The number of carbonyl (C=O) groups excluding carboxylic acids is 1. The van der Waals surface area contributed by atoms with Crippen molar-refractivity contribution in [3.63, 3.8) is 0 Å². The van der Waals surface area contributed by atoms with E-state index in [1.165, 1.54) is 0 Å². The van der Waals surface area contributed by atoms with Crippen molar-refractivity contribution in [1.29, 1.82) is 0 Å². The molecule has 1 aromatic carbocycles. The number of benzene rings is 1. The lowest BCUT2D eigenvalue weighted by Gasteiger charge is -2.28. The van der Waals surface area contributed by atoms with Crippen LogP contribution in [0, 0.1) is 6.92 Å². The van der Waals surface area contributed by atoms with Crippen molar-refractivity contribution in [2.24, 2.45) is 0 Å².